The highest BCUT2D eigenvalue weighted by atomic mass is 16.1. The molecular weight excluding hydrogens is 198 g/mol. The van der Waals surface area contributed by atoms with Gasteiger partial charge in [-0.3, -0.25) is 4.79 Å². The number of carbonyl (C=O) groups excluding carboxylic acids is 1. The zero-order valence-corrected chi connectivity index (χ0v) is 10.4. The van der Waals surface area contributed by atoms with Crippen molar-refractivity contribution in [3.8, 4) is 0 Å². The summed E-state index contributed by atoms with van der Waals surface area (Å²) in [5, 5.41) is 3.30. The van der Waals surface area contributed by atoms with E-state index in [4.69, 9.17) is 0 Å². The summed E-state index contributed by atoms with van der Waals surface area (Å²) in [4.78, 5) is 11.3. The molecule has 0 unspecified atom stereocenters. The molecule has 1 amide bonds. The Morgan fingerprint density at radius 1 is 1.00 bits per heavy atom. The van der Waals surface area contributed by atoms with E-state index in [1.165, 1.54) is 0 Å². The maximum absolute atomic E-state index is 11.3. The monoisotopic (exact) mass is 217 g/mol. The first-order chi connectivity index (χ1) is 7.40. The third kappa shape index (κ3) is 0.388. The van der Waals surface area contributed by atoms with Crippen LogP contribution >= 0.6 is 0 Å². The zero-order chi connectivity index (χ0) is 11.2. The lowest BCUT2D eigenvalue weighted by Gasteiger charge is -3.13. The molecule has 6 rings (SSSR count). The number of hydrogen-bond donors (Lipinski definition) is 1. The number of nitrogens with one attached hydrogen (secondary N) is 1. The summed E-state index contributed by atoms with van der Waals surface area (Å²) in [6.45, 7) is 8.97. The molecule has 0 heterocycles. The van der Waals surface area contributed by atoms with Crippen LogP contribution in [0.25, 0.3) is 0 Å². The van der Waals surface area contributed by atoms with Gasteiger partial charge in [0.1, 0.15) is 0 Å². The van der Waals surface area contributed by atoms with Gasteiger partial charge < -0.3 is 5.32 Å². The molecule has 0 spiro atoms. The Morgan fingerprint density at radius 3 is 1.75 bits per heavy atom. The van der Waals surface area contributed by atoms with E-state index < -0.39 is 0 Å². The average molecular weight is 217 g/mol. The lowest BCUT2D eigenvalue weighted by atomic mass is 8.92. The highest BCUT2D eigenvalue weighted by Gasteiger charge is 3.11. The fourth-order valence-electron chi connectivity index (χ4n) is 7.58. The number of carbonyl (C=O) groups is 1. The standard InChI is InChI=1S/C14H19NO/c1-5(16)15-14-9-6-10(14)8-11(14)7(9)13(6,8)12(2,3)4/h6-11H,1-4H3,(H,15,16). The minimum absolute atomic E-state index is 0.195. The first kappa shape index (κ1) is 8.54. The minimum Gasteiger partial charge on any atom is -0.350 e. The van der Waals surface area contributed by atoms with Crippen LogP contribution in [0.2, 0.25) is 0 Å². The van der Waals surface area contributed by atoms with Crippen LogP contribution in [-0.4, -0.2) is 11.4 Å². The summed E-state index contributed by atoms with van der Waals surface area (Å²) in [6, 6.07) is 0. The molecule has 6 aliphatic rings. The summed E-state index contributed by atoms with van der Waals surface area (Å²) in [7, 11) is 0. The quantitative estimate of drug-likeness (QED) is 0.711. The van der Waals surface area contributed by atoms with Crippen molar-refractivity contribution in [2.45, 2.75) is 33.2 Å². The van der Waals surface area contributed by atoms with Gasteiger partial charge in [0.2, 0.25) is 5.91 Å². The molecule has 0 aromatic rings. The van der Waals surface area contributed by atoms with Crippen LogP contribution < -0.4 is 5.32 Å². The summed E-state index contributed by atoms with van der Waals surface area (Å²) < 4.78 is 0. The van der Waals surface area contributed by atoms with E-state index in [0.717, 1.165) is 35.5 Å². The van der Waals surface area contributed by atoms with E-state index in [2.05, 4.69) is 26.1 Å². The fraction of sp³-hybridized carbons (Fsp3) is 0.929. The van der Waals surface area contributed by atoms with Gasteiger partial charge in [-0.2, -0.15) is 0 Å². The van der Waals surface area contributed by atoms with Gasteiger partial charge in [-0.15, -0.1) is 0 Å². The molecule has 0 bridgehead atoms. The normalized spacial score (nSPS) is 70.0. The summed E-state index contributed by atoms with van der Waals surface area (Å²) in [5.41, 5.74) is 1.55. The highest BCUT2D eigenvalue weighted by molar-refractivity contribution is 5.77. The first-order valence-corrected chi connectivity index (χ1v) is 6.69. The van der Waals surface area contributed by atoms with Crippen molar-refractivity contribution < 1.29 is 4.79 Å². The van der Waals surface area contributed by atoms with Crippen LogP contribution in [0.5, 0.6) is 0 Å². The Kier molecular flexibility index (Phi) is 0.900. The summed E-state index contributed by atoms with van der Waals surface area (Å²) in [6.07, 6.45) is 0. The van der Waals surface area contributed by atoms with E-state index in [9.17, 15) is 4.79 Å². The molecule has 2 nitrogen and oxygen atoms in total. The maximum Gasteiger partial charge on any atom is 0.217 e. The molecule has 2 heteroatoms. The zero-order valence-electron chi connectivity index (χ0n) is 10.4. The molecule has 0 aromatic carbocycles. The molecule has 0 radical (unpaired) electrons. The van der Waals surface area contributed by atoms with Gasteiger partial charge in [-0.25, -0.2) is 0 Å². The van der Waals surface area contributed by atoms with Gasteiger partial charge >= 0.3 is 0 Å². The Hall–Kier alpha value is -0.530. The van der Waals surface area contributed by atoms with Gasteiger partial charge in [-0.1, -0.05) is 20.8 Å². The fourth-order valence-corrected chi connectivity index (χ4v) is 7.58. The molecule has 0 aliphatic heterocycles. The maximum atomic E-state index is 11.3. The molecule has 0 saturated heterocycles. The van der Waals surface area contributed by atoms with Crippen LogP contribution in [0.3, 0.4) is 0 Å². The second kappa shape index (κ2) is 1.69. The molecule has 6 aliphatic carbocycles. The molecule has 86 valence electrons. The van der Waals surface area contributed by atoms with Gasteiger partial charge in [0.25, 0.3) is 0 Å². The molecule has 0 aromatic heterocycles. The van der Waals surface area contributed by atoms with Crippen LogP contribution in [0.15, 0.2) is 0 Å². The van der Waals surface area contributed by atoms with Crippen LogP contribution in [0.4, 0.5) is 0 Å². The van der Waals surface area contributed by atoms with Crippen LogP contribution in [0, 0.1) is 46.3 Å². The smallest absolute Gasteiger partial charge is 0.217 e. The Morgan fingerprint density at radius 2 is 1.44 bits per heavy atom. The average Bonchev–Trinajstić information content (AvgIpc) is 2.15. The van der Waals surface area contributed by atoms with Crippen molar-refractivity contribution in [2.75, 3.05) is 0 Å². The lowest BCUT2D eigenvalue weighted by molar-refractivity contribution is -0.643. The van der Waals surface area contributed by atoms with Crippen LogP contribution in [-0.2, 0) is 4.79 Å². The van der Waals surface area contributed by atoms with Gasteiger partial charge in [0.05, 0.1) is 5.54 Å². The Labute approximate surface area is 96.2 Å². The first-order valence-electron chi connectivity index (χ1n) is 6.69. The molecular formula is C14H19NO. The SMILES string of the molecule is CC(=O)NC12C3C4C1C1C2C3C41C(C)(C)C. The van der Waals surface area contributed by atoms with Crippen molar-refractivity contribution in [1.82, 2.24) is 5.32 Å². The third-order valence-electron chi connectivity index (χ3n) is 7.32. The van der Waals surface area contributed by atoms with E-state index >= 15 is 0 Å². The number of rotatable bonds is 1. The predicted molar refractivity (Wildman–Crippen MR) is 59.4 cm³/mol. The van der Waals surface area contributed by atoms with Crippen molar-refractivity contribution in [3.05, 3.63) is 0 Å². The highest BCUT2D eigenvalue weighted by Crippen LogP contribution is 3.09. The third-order valence-corrected chi connectivity index (χ3v) is 7.32. The Bertz CT molecular complexity index is 404. The predicted octanol–water partition coefficient (Wildman–Crippen LogP) is 1.66. The second-order valence-corrected chi connectivity index (χ2v) is 7.95. The summed E-state index contributed by atoms with van der Waals surface area (Å²) in [5.74, 6) is 5.81. The number of hydrogen-bond acceptors (Lipinski definition) is 1. The largest absolute Gasteiger partial charge is 0.350 e. The van der Waals surface area contributed by atoms with E-state index in [-0.39, 0.29) is 5.91 Å². The number of amides is 1. The lowest BCUT2D eigenvalue weighted by Crippen LogP contribution is -3.16. The molecule has 16 heavy (non-hydrogen) atoms. The molecule has 6 fully saturated rings. The van der Waals surface area contributed by atoms with Crippen molar-refractivity contribution in [3.63, 3.8) is 0 Å². The van der Waals surface area contributed by atoms with E-state index in [0.29, 0.717) is 16.4 Å². The van der Waals surface area contributed by atoms with Crippen molar-refractivity contribution in [1.29, 1.82) is 0 Å². The van der Waals surface area contributed by atoms with Crippen molar-refractivity contribution >= 4 is 5.91 Å². The van der Waals surface area contributed by atoms with Gasteiger partial charge in [0, 0.05) is 6.92 Å². The Balaban J connectivity index is 1.52. The van der Waals surface area contributed by atoms with E-state index in [1.54, 1.807) is 6.92 Å². The minimum atomic E-state index is 0.195. The molecule has 6 saturated carbocycles. The summed E-state index contributed by atoms with van der Waals surface area (Å²) >= 11 is 0. The topological polar surface area (TPSA) is 29.1 Å². The van der Waals surface area contributed by atoms with Gasteiger partial charge in [-0.05, 0) is 46.3 Å². The molecule has 1 N–H and O–H groups in total. The molecule has 0 atom stereocenters. The van der Waals surface area contributed by atoms with E-state index in [1.807, 2.05) is 0 Å². The van der Waals surface area contributed by atoms with Gasteiger partial charge in [0.15, 0.2) is 0 Å². The van der Waals surface area contributed by atoms with Crippen molar-refractivity contribution in [2.24, 2.45) is 46.3 Å². The van der Waals surface area contributed by atoms with Crippen LogP contribution in [0.1, 0.15) is 27.7 Å². The second-order valence-electron chi connectivity index (χ2n) is 7.95.